The van der Waals surface area contributed by atoms with Crippen LogP contribution >= 0.6 is 0 Å². The van der Waals surface area contributed by atoms with E-state index in [0.717, 1.165) is 13.0 Å². The first-order valence-corrected chi connectivity index (χ1v) is 13.7. The molecule has 2 aromatic carbocycles. The number of benzene rings is 2. The highest BCUT2D eigenvalue weighted by Crippen LogP contribution is 2.42. The summed E-state index contributed by atoms with van der Waals surface area (Å²) in [5.74, 6) is -2.95. The van der Waals surface area contributed by atoms with Gasteiger partial charge >= 0.3 is 5.97 Å². The first-order chi connectivity index (χ1) is 20.7. The summed E-state index contributed by atoms with van der Waals surface area (Å²) in [5.41, 5.74) is -0.560. The van der Waals surface area contributed by atoms with Gasteiger partial charge in [0.15, 0.2) is 24.0 Å². The number of esters is 1. The van der Waals surface area contributed by atoms with E-state index in [-0.39, 0.29) is 45.1 Å². The number of ketones is 2. The molecule has 0 radical (unpaired) electrons. The first-order valence-electron chi connectivity index (χ1n) is 13.7. The number of phenolic OH excluding ortho intramolecular Hbond substituents is 1. The van der Waals surface area contributed by atoms with E-state index in [9.17, 15) is 50.1 Å². The van der Waals surface area contributed by atoms with Crippen LogP contribution in [0.1, 0.15) is 51.3 Å². The zero-order valence-corrected chi connectivity index (χ0v) is 23.7. The highest BCUT2D eigenvalue weighted by Gasteiger charge is 2.51. The Labute approximate surface area is 249 Å². The number of fused-ring (bicyclic) bond motifs is 2. The Morgan fingerprint density at radius 1 is 0.864 bits per heavy atom. The van der Waals surface area contributed by atoms with Crippen molar-refractivity contribution in [2.45, 2.75) is 82.2 Å². The van der Waals surface area contributed by atoms with Gasteiger partial charge in [-0.15, -0.1) is 0 Å². The Kier molecular flexibility index (Phi) is 8.78. The minimum atomic E-state index is -1.83. The number of carbonyl (C=O) groups is 3. The molecule has 1 aliphatic carbocycles. The third kappa shape index (κ3) is 5.47. The van der Waals surface area contributed by atoms with Crippen molar-refractivity contribution in [3.8, 4) is 17.2 Å². The van der Waals surface area contributed by atoms with E-state index in [0.29, 0.717) is 0 Å². The van der Waals surface area contributed by atoms with Crippen LogP contribution in [0, 0.1) is 6.92 Å². The van der Waals surface area contributed by atoms with Crippen molar-refractivity contribution in [1.29, 1.82) is 0 Å². The summed E-state index contributed by atoms with van der Waals surface area (Å²) in [6, 6.07) is 4.79. The number of aliphatic hydroxyl groups is 6. The molecule has 2 saturated heterocycles. The fourth-order valence-electron chi connectivity index (χ4n) is 5.43. The van der Waals surface area contributed by atoms with Gasteiger partial charge in [0.1, 0.15) is 53.9 Å². The fourth-order valence-corrected chi connectivity index (χ4v) is 5.43. The minimum Gasteiger partial charge on any atom is -0.508 e. The van der Waals surface area contributed by atoms with Gasteiger partial charge in [-0.1, -0.05) is 0 Å². The Bertz CT molecular complexity index is 1470. The number of hydrogen-bond acceptors (Lipinski definition) is 15. The lowest BCUT2D eigenvalue weighted by molar-refractivity contribution is -0.354. The van der Waals surface area contributed by atoms with Gasteiger partial charge in [-0.05, 0) is 38.1 Å². The third-order valence-corrected chi connectivity index (χ3v) is 7.86. The fraction of sp³-hybridized carbons (Fsp3) is 0.483. The van der Waals surface area contributed by atoms with Crippen molar-refractivity contribution < 1.29 is 73.8 Å². The van der Waals surface area contributed by atoms with Crippen LogP contribution in [0.5, 0.6) is 17.2 Å². The molecule has 5 rings (SSSR count). The number of aliphatic hydroxyl groups excluding tert-OH is 6. The zero-order chi connectivity index (χ0) is 32.2. The molecule has 2 heterocycles. The molecule has 0 spiro atoms. The molecule has 0 aromatic heterocycles. The molecule has 10 atom stereocenters. The van der Waals surface area contributed by atoms with Crippen molar-refractivity contribution in [3.05, 3.63) is 52.1 Å². The molecule has 0 bridgehead atoms. The second-order valence-corrected chi connectivity index (χ2v) is 10.8. The topological polar surface area (TPSA) is 239 Å². The van der Waals surface area contributed by atoms with Crippen molar-refractivity contribution in [2.24, 2.45) is 0 Å². The highest BCUT2D eigenvalue weighted by molar-refractivity contribution is 6.29. The second-order valence-electron chi connectivity index (χ2n) is 10.8. The predicted molar refractivity (Wildman–Crippen MR) is 143 cm³/mol. The minimum absolute atomic E-state index is 0.0266. The molecule has 238 valence electrons. The summed E-state index contributed by atoms with van der Waals surface area (Å²) in [4.78, 5) is 39.1. The number of phenols is 1. The Morgan fingerprint density at radius 2 is 1.57 bits per heavy atom. The van der Waals surface area contributed by atoms with Crippen LogP contribution in [0.25, 0.3) is 0 Å². The van der Waals surface area contributed by atoms with Gasteiger partial charge in [-0.3, -0.25) is 14.4 Å². The van der Waals surface area contributed by atoms with E-state index in [4.69, 9.17) is 23.7 Å². The van der Waals surface area contributed by atoms with Crippen molar-refractivity contribution >= 4 is 17.5 Å². The van der Waals surface area contributed by atoms with E-state index in [1.54, 1.807) is 0 Å². The predicted octanol–water partition coefficient (Wildman–Crippen LogP) is -1.57. The number of aromatic hydroxyl groups is 1. The normalized spacial score (nSPS) is 33.4. The molecule has 44 heavy (non-hydrogen) atoms. The second kappa shape index (κ2) is 12.1. The Balaban J connectivity index is 1.56. The average Bonchev–Trinajstić information content (AvgIpc) is 2.98. The van der Waals surface area contributed by atoms with Crippen LogP contribution in [0.15, 0.2) is 24.3 Å². The maximum atomic E-state index is 13.5. The molecule has 2 aromatic rings. The number of rotatable bonds is 6. The number of ether oxygens (including phenoxy) is 5. The lowest BCUT2D eigenvalue weighted by atomic mass is 9.82. The van der Waals surface area contributed by atoms with Crippen molar-refractivity contribution in [1.82, 2.24) is 0 Å². The molecular formula is C29H32O15. The standard InChI is InChI=1S/C29H32O15/c1-9-16(7-15-18(26(9)41-11(3)31)21(35)13-5-4-12(32)6-14(13)20(15)34)42-29-27(24(38)22(36)17(8-30)43-29)44-28-25(39)23(37)19(33)10(2)40-28/h4-7,10,17,19,22-25,27-30,32-33,36-39H,8H2,1-3H3/t10-,17+,19-,22+,23+,24-,25+,27+,28-,29+/m0/s1. The Morgan fingerprint density at radius 3 is 2.23 bits per heavy atom. The summed E-state index contributed by atoms with van der Waals surface area (Å²) >= 11 is 0. The van der Waals surface area contributed by atoms with Crippen LogP contribution in [0.3, 0.4) is 0 Å². The SMILES string of the molecule is CC(=O)Oc1c(C)c(O[C@@H]2O[C@H](CO)[C@@H](O)[C@H](O)[C@H]2O[C@@H]2O[C@@H](C)[C@H](O)[C@@H](O)[C@H]2O)cc2c1C(=O)c1ccc(O)cc1C2=O. The summed E-state index contributed by atoms with van der Waals surface area (Å²) in [5, 5.41) is 71.9. The molecule has 15 heteroatoms. The van der Waals surface area contributed by atoms with Crippen LogP contribution in [-0.4, -0.2) is 121 Å². The van der Waals surface area contributed by atoms with Crippen LogP contribution < -0.4 is 9.47 Å². The van der Waals surface area contributed by atoms with Crippen LogP contribution in [0.2, 0.25) is 0 Å². The largest absolute Gasteiger partial charge is 0.508 e. The van der Waals surface area contributed by atoms with E-state index < -0.39 is 85.6 Å². The van der Waals surface area contributed by atoms with E-state index >= 15 is 0 Å². The van der Waals surface area contributed by atoms with Gasteiger partial charge < -0.3 is 59.4 Å². The van der Waals surface area contributed by atoms with Gasteiger partial charge in [0.2, 0.25) is 6.29 Å². The molecular weight excluding hydrogens is 588 g/mol. The maximum Gasteiger partial charge on any atom is 0.308 e. The Hall–Kier alpha value is -3.51. The van der Waals surface area contributed by atoms with Gasteiger partial charge in [-0.2, -0.15) is 0 Å². The molecule has 7 N–H and O–H groups in total. The molecule has 2 fully saturated rings. The maximum absolute atomic E-state index is 13.5. The summed E-state index contributed by atoms with van der Waals surface area (Å²) in [7, 11) is 0. The van der Waals surface area contributed by atoms with Crippen LogP contribution in [-0.2, 0) is 19.0 Å². The van der Waals surface area contributed by atoms with E-state index in [1.165, 1.54) is 32.0 Å². The number of hydrogen-bond donors (Lipinski definition) is 7. The molecule has 2 aliphatic heterocycles. The summed E-state index contributed by atoms with van der Waals surface area (Å²) in [6.07, 6.45) is -16.0. The lowest BCUT2D eigenvalue weighted by Crippen LogP contribution is -2.64. The molecule has 0 amide bonds. The van der Waals surface area contributed by atoms with Crippen molar-refractivity contribution in [3.63, 3.8) is 0 Å². The van der Waals surface area contributed by atoms with Gasteiger partial charge in [-0.25, -0.2) is 0 Å². The van der Waals surface area contributed by atoms with Gasteiger partial charge in [0.05, 0.1) is 18.3 Å². The summed E-state index contributed by atoms with van der Waals surface area (Å²) < 4.78 is 28.2. The number of carbonyl (C=O) groups excluding carboxylic acids is 3. The third-order valence-electron chi connectivity index (χ3n) is 7.86. The summed E-state index contributed by atoms with van der Waals surface area (Å²) in [6.45, 7) is 3.13. The van der Waals surface area contributed by atoms with Crippen LogP contribution in [0.4, 0.5) is 0 Å². The monoisotopic (exact) mass is 620 g/mol. The van der Waals surface area contributed by atoms with Gasteiger partial charge in [0, 0.05) is 29.2 Å². The van der Waals surface area contributed by atoms with E-state index in [2.05, 4.69) is 0 Å². The first kappa shape index (κ1) is 31.9. The van der Waals surface area contributed by atoms with E-state index in [1.807, 2.05) is 0 Å². The lowest BCUT2D eigenvalue weighted by Gasteiger charge is -2.45. The van der Waals surface area contributed by atoms with Gasteiger partial charge in [0.25, 0.3) is 0 Å². The quantitative estimate of drug-likeness (QED) is 0.122. The highest BCUT2D eigenvalue weighted by atomic mass is 16.8. The molecule has 0 unspecified atom stereocenters. The zero-order valence-electron chi connectivity index (χ0n) is 23.7. The molecule has 0 saturated carbocycles. The molecule has 3 aliphatic rings. The molecule has 15 nitrogen and oxygen atoms in total. The smallest absolute Gasteiger partial charge is 0.308 e. The van der Waals surface area contributed by atoms with Crippen molar-refractivity contribution in [2.75, 3.05) is 6.61 Å². The average molecular weight is 621 g/mol.